The summed E-state index contributed by atoms with van der Waals surface area (Å²) in [5.41, 5.74) is -0.0255. The molecule has 1 heterocycles. The molecule has 0 atom stereocenters. The summed E-state index contributed by atoms with van der Waals surface area (Å²) in [4.78, 5) is 15.6. The molecule has 21 heavy (non-hydrogen) atoms. The fourth-order valence-electron chi connectivity index (χ4n) is 6.07. The van der Waals surface area contributed by atoms with Gasteiger partial charge in [-0.2, -0.15) is 0 Å². The Labute approximate surface area is 128 Å². The second-order valence-electron chi connectivity index (χ2n) is 8.79. The van der Waals surface area contributed by atoms with E-state index in [9.17, 15) is 4.79 Å². The lowest BCUT2D eigenvalue weighted by molar-refractivity contribution is -0.154. The molecule has 5 aliphatic rings. The zero-order valence-corrected chi connectivity index (χ0v) is 13.6. The molecule has 4 saturated carbocycles. The molecule has 1 N–H and O–H groups in total. The van der Waals surface area contributed by atoms with Crippen LogP contribution in [0, 0.1) is 29.6 Å². The van der Waals surface area contributed by atoms with Crippen molar-refractivity contribution in [1.29, 1.82) is 0 Å². The fraction of sp³-hybridized carbons (Fsp3) is 0.944. The first-order valence-corrected chi connectivity index (χ1v) is 9.07. The van der Waals surface area contributed by atoms with E-state index in [2.05, 4.69) is 24.1 Å². The van der Waals surface area contributed by atoms with Crippen molar-refractivity contribution in [2.45, 2.75) is 57.9 Å². The maximum Gasteiger partial charge on any atom is 0.226 e. The molecule has 5 fully saturated rings. The van der Waals surface area contributed by atoms with E-state index in [4.69, 9.17) is 0 Å². The SMILES string of the molecule is CC1(C)CNCCCN1C(=O)C1C2CC3CC(C2)CC1C3. The van der Waals surface area contributed by atoms with Crippen molar-refractivity contribution in [2.24, 2.45) is 29.6 Å². The van der Waals surface area contributed by atoms with Crippen LogP contribution in [0.3, 0.4) is 0 Å². The van der Waals surface area contributed by atoms with Gasteiger partial charge in [0.05, 0.1) is 0 Å². The van der Waals surface area contributed by atoms with Crippen molar-refractivity contribution in [3.63, 3.8) is 0 Å². The van der Waals surface area contributed by atoms with Gasteiger partial charge < -0.3 is 10.2 Å². The van der Waals surface area contributed by atoms with Crippen LogP contribution in [0.1, 0.15) is 52.4 Å². The van der Waals surface area contributed by atoms with Crippen LogP contribution in [0.5, 0.6) is 0 Å². The van der Waals surface area contributed by atoms with Crippen molar-refractivity contribution in [3.05, 3.63) is 0 Å². The lowest BCUT2D eigenvalue weighted by Crippen LogP contribution is -2.58. The first-order valence-electron chi connectivity index (χ1n) is 9.07. The number of hydrogen-bond donors (Lipinski definition) is 1. The minimum absolute atomic E-state index is 0.0255. The van der Waals surface area contributed by atoms with E-state index in [1.54, 1.807) is 0 Å². The maximum absolute atomic E-state index is 13.4. The zero-order valence-electron chi connectivity index (χ0n) is 13.6. The predicted molar refractivity (Wildman–Crippen MR) is 83.8 cm³/mol. The topological polar surface area (TPSA) is 32.3 Å². The Balaban J connectivity index is 1.56. The van der Waals surface area contributed by atoms with Crippen molar-refractivity contribution < 1.29 is 4.79 Å². The molecule has 1 amide bonds. The highest BCUT2D eigenvalue weighted by Gasteiger charge is 2.52. The van der Waals surface area contributed by atoms with E-state index in [1.807, 2.05) is 0 Å². The number of nitrogens with zero attached hydrogens (tertiary/aromatic N) is 1. The minimum atomic E-state index is -0.0255. The first kappa shape index (κ1) is 14.0. The van der Waals surface area contributed by atoms with Gasteiger partial charge in [-0.25, -0.2) is 0 Å². The van der Waals surface area contributed by atoms with Crippen LogP contribution in [0.15, 0.2) is 0 Å². The molecule has 5 rings (SSSR count). The average Bonchev–Trinajstić information content (AvgIpc) is 2.57. The van der Waals surface area contributed by atoms with Gasteiger partial charge in [0.2, 0.25) is 5.91 Å². The summed E-state index contributed by atoms with van der Waals surface area (Å²) in [5, 5.41) is 3.50. The highest BCUT2D eigenvalue weighted by Crippen LogP contribution is 2.57. The number of carbonyl (C=O) groups is 1. The van der Waals surface area contributed by atoms with Crippen molar-refractivity contribution >= 4 is 5.91 Å². The van der Waals surface area contributed by atoms with E-state index in [0.29, 0.717) is 23.7 Å². The van der Waals surface area contributed by atoms with E-state index in [0.717, 1.165) is 37.9 Å². The van der Waals surface area contributed by atoms with Crippen LogP contribution < -0.4 is 5.32 Å². The second-order valence-corrected chi connectivity index (χ2v) is 8.79. The van der Waals surface area contributed by atoms with Crippen LogP contribution in [-0.2, 0) is 4.79 Å². The molecule has 0 unspecified atom stereocenters. The largest absolute Gasteiger partial charge is 0.336 e. The van der Waals surface area contributed by atoms with Crippen molar-refractivity contribution in [3.8, 4) is 0 Å². The molecule has 1 saturated heterocycles. The second kappa shape index (κ2) is 4.97. The number of amides is 1. The van der Waals surface area contributed by atoms with Gasteiger partial charge in [0.25, 0.3) is 0 Å². The normalized spacial score (nSPS) is 44.7. The Hall–Kier alpha value is -0.570. The van der Waals surface area contributed by atoms with E-state index >= 15 is 0 Å². The van der Waals surface area contributed by atoms with Crippen LogP contribution in [0.25, 0.3) is 0 Å². The maximum atomic E-state index is 13.4. The molecule has 4 bridgehead atoms. The van der Waals surface area contributed by atoms with Gasteiger partial charge in [0.1, 0.15) is 0 Å². The van der Waals surface area contributed by atoms with Crippen LogP contribution in [0.4, 0.5) is 0 Å². The molecule has 0 spiro atoms. The molecule has 3 nitrogen and oxygen atoms in total. The zero-order chi connectivity index (χ0) is 14.6. The van der Waals surface area contributed by atoms with Crippen LogP contribution in [0.2, 0.25) is 0 Å². The lowest BCUT2D eigenvalue weighted by Gasteiger charge is -2.55. The van der Waals surface area contributed by atoms with E-state index in [1.165, 1.54) is 32.1 Å². The third-order valence-electron chi connectivity index (χ3n) is 6.80. The Bertz CT molecular complexity index is 403. The standard InChI is InChI=1S/C18H30N2O/c1-18(2)11-19-4-3-5-20(18)17(21)16-14-7-12-6-13(9-14)10-15(16)8-12/h12-16,19H,3-11H2,1-2H3. The van der Waals surface area contributed by atoms with Gasteiger partial charge in [-0.05, 0) is 82.6 Å². The Morgan fingerprint density at radius 3 is 2.29 bits per heavy atom. The lowest BCUT2D eigenvalue weighted by atomic mass is 9.51. The minimum Gasteiger partial charge on any atom is -0.336 e. The summed E-state index contributed by atoms with van der Waals surface area (Å²) in [7, 11) is 0. The smallest absolute Gasteiger partial charge is 0.226 e. The fourth-order valence-corrected chi connectivity index (χ4v) is 6.07. The van der Waals surface area contributed by atoms with Crippen molar-refractivity contribution in [1.82, 2.24) is 10.2 Å². The summed E-state index contributed by atoms with van der Waals surface area (Å²) in [6.45, 7) is 7.40. The molecule has 118 valence electrons. The molecule has 0 aromatic rings. The average molecular weight is 290 g/mol. The predicted octanol–water partition coefficient (Wildman–Crippen LogP) is 2.66. The van der Waals surface area contributed by atoms with Crippen molar-refractivity contribution in [2.75, 3.05) is 19.6 Å². The molecule has 4 aliphatic carbocycles. The van der Waals surface area contributed by atoms with Gasteiger partial charge in [0.15, 0.2) is 0 Å². The molecule has 0 aromatic heterocycles. The number of carbonyl (C=O) groups excluding carboxylic acids is 1. The monoisotopic (exact) mass is 290 g/mol. The molecular formula is C18H30N2O. The van der Waals surface area contributed by atoms with Gasteiger partial charge in [0, 0.05) is 24.5 Å². The summed E-state index contributed by atoms with van der Waals surface area (Å²) >= 11 is 0. The quantitative estimate of drug-likeness (QED) is 0.805. The van der Waals surface area contributed by atoms with E-state index in [-0.39, 0.29) is 5.54 Å². The summed E-state index contributed by atoms with van der Waals surface area (Å²) in [6.07, 6.45) is 7.94. The van der Waals surface area contributed by atoms with Gasteiger partial charge in [-0.3, -0.25) is 4.79 Å². The number of hydrogen-bond acceptors (Lipinski definition) is 2. The summed E-state index contributed by atoms with van der Waals surface area (Å²) < 4.78 is 0. The summed E-state index contributed by atoms with van der Waals surface area (Å²) in [6, 6.07) is 0. The molecule has 1 aliphatic heterocycles. The molecule has 0 aromatic carbocycles. The van der Waals surface area contributed by atoms with Crippen LogP contribution in [-0.4, -0.2) is 36.0 Å². The van der Waals surface area contributed by atoms with E-state index < -0.39 is 0 Å². The highest BCUT2D eigenvalue weighted by atomic mass is 16.2. The Morgan fingerprint density at radius 1 is 1.05 bits per heavy atom. The van der Waals surface area contributed by atoms with Gasteiger partial charge >= 0.3 is 0 Å². The Kier molecular flexibility index (Phi) is 3.33. The highest BCUT2D eigenvalue weighted by molar-refractivity contribution is 5.80. The molecular weight excluding hydrogens is 260 g/mol. The third-order valence-corrected chi connectivity index (χ3v) is 6.80. The molecule has 3 heteroatoms. The van der Waals surface area contributed by atoms with Gasteiger partial charge in [-0.15, -0.1) is 0 Å². The number of rotatable bonds is 1. The summed E-state index contributed by atoms with van der Waals surface area (Å²) in [5.74, 6) is 4.18. The van der Waals surface area contributed by atoms with Gasteiger partial charge in [-0.1, -0.05) is 0 Å². The first-order chi connectivity index (χ1) is 10.0. The molecule has 0 radical (unpaired) electrons. The van der Waals surface area contributed by atoms with Crippen LogP contribution >= 0.6 is 0 Å². The number of nitrogens with one attached hydrogen (secondary N) is 1. The Morgan fingerprint density at radius 2 is 1.67 bits per heavy atom. The third kappa shape index (κ3) is 2.32.